The third kappa shape index (κ3) is 6.23. The van der Waals surface area contributed by atoms with Crippen LogP contribution in [0.3, 0.4) is 0 Å². The summed E-state index contributed by atoms with van der Waals surface area (Å²) in [6.07, 6.45) is 4.75. The molecular weight excluding hydrogens is 362 g/mol. The third-order valence-corrected chi connectivity index (χ3v) is 6.49. The third-order valence-electron chi connectivity index (χ3n) is 5.39. The molecule has 7 heteroatoms. The summed E-state index contributed by atoms with van der Waals surface area (Å²) in [5.74, 6) is 1.25. The number of benzene rings is 1. The van der Waals surface area contributed by atoms with Gasteiger partial charge in [0.2, 0.25) is 11.8 Å². The number of hydrogen-bond acceptors (Lipinski definition) is 5. The second-order valence-electron chi connectivity index (χ2n) is 7.39. The summed E-state index contributed by atoms with van der Waals surface area (Å²) in [5.41, 5.74) is 5.96. The second-order valence-corrected chi connectivity index (χ2v) is 8.41. The smallest absolute Gasteiger partial charge is 0.238 e. The molecule has 1 aromatic carbocycles. The Bertz CT molecular complexity index is 641. The summed E-state index contributed by atoms with van der Waals surface area (Å²) >= 11 is 1.34. The van der Waals surface area contributed by atoms with Gasteiger partial charge in [0.15, 0.2) is 0 Å². The van der Waals surface area contributed by atoms with Gasteiger partial charge in [0.25, 0.3) is 0 Å². The van der Waals surface area contributed by atoms with E-state index in [0.29, 0.717) is 12.5 Å². The van der Waals surface area contributed by atoms with E-state index in [-0.39, 0.29) is 17.6 Å². The van der Waals surface area contributed by atoms with Crippen LogP contribution in [0.4, 0.5) is 5.69 Å². The van der Waals surface area contributed by atoms with Crippen molar-refractivity contribution in [3.63, 3.8) is 0 Å². The number of nitrogens with one attached hydrogen (secondary N) is 1. The van der Waals surface area contributed by atoms with Crippen molar-refractivity contribution in [3.8, 4) is 0 Å². The van der Waals surface area contributed by atoms with Gasteiger partial charge >= 0.3 is 0 Å². The van der Waals surface area contributed by atoms with Crippen LogP contribution >= 0.6 is 11.8 Å². The maximum Gasteiger partial charge on any atom is 0.238 e. The quantitative estimate of drug-likeness (QED) is 0.697. The summed E-state index contributed by atoms with van der Waals surface area (Å²) in [7, 11) is 0. The zero-order valence-electron chi connectivity index (χ0n) is 15.7. The molecule has 2 saturated heterocycles. The van der Waals surface area contributed by atoms with Crippen molar-refractivity contribution in [1.82, 2.24) is 4.90 Å². The van der Waals surface area contributed by atoms with Crippen molar-refractivity contribution in [2.24, 2.45) is 17.6 Å². The maximum atomic E-state index is 12.5. The number of para-hydroxylation sites is 1. The van der Waals surface area contributed by atoms with E-state index in [1.807, 2.05) is 24.3 Å². The number of carbonyl (C=O) groups excluding carboxylic acids is 2. The minimum Gasteiger partial charge on any atom is -0.381 e. The Morgan fingerprint density at radius 2 is 1.96 bits per heavy atom. The maximum absolute atomic E-state index is 12.5. The zero-order chi connectivity index (χ0) is 19.1. The fourth-order valence-corrected chi connectivity index (χ4v) is 4.70. The van der Waals surface area contributed by atoms with Gasteiger partial charge in [-0.25, -0.2) is 0 Å². The number of primary amides is 1. The predicted molar refractivity (Wildman–Crippen MR) is 108 cm³/mol. The minimum absolute atomic E-state index is 0.0124. The van der Waals surface area contributed by atoms with Crippen LogP contribution in [0.5, 0.6) is 0 Å². The van der Waals surface area contributed by atoms with Gasteiger partial charge in [-0.1, -0.05) is 12.1 Å². The van der Waals surface area contributed by atoms with Gasteiger partial charge in [0.05, 0.1) is 18.0 Å². The molecule has 0 radical (unpaired) electrons. The van der Waals surface area contributed by atoms with Crippen LogP contribution < -0.4 is 11.1 Å². The lowest BCUT2D eigenvalue weighted by Gasteiger charge is -2.37. The molecule has 0 bridgehead atoms. The summed E-state index contributed by atoms with van der Waals surface area (Å²) in [4.78, 5) is 26.6. The Labute approximate surface area is 165 Å². The first kappa shape index (κ1) is 20.2. The summed E-state index contributed by atoms with van der Waals surface area (Å²) in [6, 6.07) is 7.51. The Hall–Kier alpha value is -1.57. The van der Waals surface area contributed by atoms with Gasteiger partial charge in [-0.3, -0.25) is 14.5 Å². The van der Waals surface area contributed by atoms with Crippen molar-refractivity contribution in [1.29, 1.82) is 0 Å². The normalized spacial score (nSPS) is 21.7. The number of carbonyl (C=O) groups is 2. The van der Waals surface area contributed by atoms with Crippen LogP contribution in [0.25, 0.3) is 0 Å². The molecule has 2 fully saturated rings. The molecule has 3 N–H and O–H groups in total. The number of thioether (sulfide) groups is 1. The van der Waals surface area contributed by atoms with Gasteiger partial charge < -0.3 is 15.8 Å². The summed E-state index contributed by atoms with van der Waals surface area (Å²) in [5, 5.41) is 2.98. The molecule has 1 unspecified atom stereocenters. The van der Waals surface area contributed by atoms with Crippen LogP contribution in [-0.4, -0.2) is 55.3 Å². The largest absolute Gasteiger partial charge is 0.381 e. The Balaban J connectivity index is 1.45. The van der Waals surface area contributed by atoms with Crippen molar-refractivity contribution in [3.05, 3.63) is 24.3 Å². The molecule has 6 nitrogen and oxygen atoms in total. The zero-order valence-corrected chi connectivity index (χ0v) is 16.5. The molecule has 0 aliphatic carbocycles. The monoisotopic (exact) mass is 391 g/mol. The lowest BCUT2D eigenvalue weighted by atomic mass is 9.81. The van der Waals surface area contributed by atoms with Crippen LogP contribution in [0, 0.1) is 11.8 Å². The first-order chi connectivity index (χ1) is 13.1. The molecule has 2 heterocycles. The van der Waals surface area contributed by atoms with Crippen molar-refractivity contribution >= 4 is 29.3 Å². The molecular formula is C20H29N3O3S. The van der Waals surface area contributed by atoms with E-state index in [9.17, 15) is 9.59 Å². The summed E-state index contributed by atoms with van der Waals surface area (Å²) in [6.45, 7) is 4.15. The minimum atomic E-state index is -0.368. The van der Waals surface area contributed by atoms with E-state index < -0.39 is 0 Å². The average Bonchev–Trinajstić information content (AvgIpc) is 2.68. The SMILES string of the molecule is NC(=O)CSc1ccccc1NC(=O)CN1CCC(C2CCCOC2)CC1. The topological polar surface area (TPSA) is 84.7 Å². The number of anilines is 1. The average molecular weight is 392 g/mol. The lowest BCUT2D eigenvalue weighted by Crippen LogP contribution is -2.41. The number of amides is 2. The van der Waals surface area contributed by atoms with Gasteiger partial charge in [0.1, 0.15) is 0 Å². The van der Waals surface area contributed by atoms with E-state index in [1.54, 1.807) is 0 Å². The molecule has 2 aliphatic heterocycles. The molecule has 27 heavy (non-hydrogen) atoms. The number of likely N-dealkylation sites (tertiary alicyclic amines) is 1. The number of piperidine rings is 1. The molecule has 2 amide bonds. The predicted octanol–water partition coefficient (Wildman–Crippen LogP) is 2.34. The molecule has 1 atom stereocenters. The first-order valence-corrected chi connectivity index (χ1v) is 10.7. The highest BCUT2D eigenvalue weighted by Gasteiger charge is 2.28. The molecule has 0 saturated carbocycles. The first-order valence-electron chi connectivity index (χ1n) is 9.72. The Morgan fingerprint density at radius 3 is 2.67 bits per heavy atom. The van der Waals surface area contributed by atoms with Crippen molar-refractivity contribution in [2.75, 3.05) is 43.9 Å². The fraction of sp³-hybridized carbons (Fsp3) is 0.600. The molecule has 2 aliphatic rings. The number of nitrogens with two attached hydrogens (primary N) is 1. The van der Waals surface area contributed by atoms with Gasteiger partial charge in [-0.2, -0.15) is 0 Å². The summed E-state index contributed by atoms with van der Waals surface area (Å²) < 4.78 is 5.63. The van der Waals surface area contributed by atoms with Crippen LogP contribution in [0.1, 0.15) is 25.7 Å². The van der Waals surface area contributed by atoms with E-state index >= 15 is 0 Å². The molecule has 0 spiro atoms. The highest BCUT2D eigenvalue weighted by molar-refractivity contribution is 8.00. The molecule has 148 valence electrons. The Kier molecular flexibility index (Phi) is 7.55. The van der Waals surface area contributed by atoms with Crippen molar-refractivity contribution < 1.29 is 14.3 Å². The lowest BCUT2D eigenvalue weighted by molar-refractivity contribution is -0.118. The molecule has 0 aromatic heterocycles. The van der Waals surface area contributed by atoms with Crippen LogP contribution in [0.15, 0.2) is 29.2 Å². The van der Waals surface area contributed by atoms with Crippen LogP contribution in [-0.2, 0) is 14.3 Å². The number of nitrogens with zero attached hydrogens (tertiary/aromatic N) is 1. The second kappa shape index (κ2) is 10.1. The Morgan fingerprint density at radius 1 is 1.19 bits per heavy atom. The van der Waals surface area contributed by atoms with Gasteiger partial charge in [-0.05, 0) is 62.7 Å². The van der Waals surface area contributed by atoms with E-state index in [4.69, 9.17) is 10.5 Å². The molecule has 3 rings (SSSR count). The van der Waals surface area contributed by atoms with Gasteiger partial charge in [-0.15, -0.1) is 11.8 Å². The fourth-order valence-electron chi connectivity index (χ4n) is 3.96. The standard InChI is InChI=1S/C20H29N3O3S/c21-19(24)14-27-18-6-2-1-5-17(18)22-20(25)12-23-9-7-15(8-10-23)16-4-3-11-26-13-16/h1-2,5-6,15-16H,3-4,7-14H2,(H2,21,24)(H,22,25). The highest BCUT2D eigenvalue weighted by atomic mass is 32.2. The number of hydrogen-bond donors (Lipinski definition) is 2. The number of ether oxygens (including phenoxy) is 1. The van der Waals surface area contributed by atoms with E-state index in [1.165, 1.54) is 24.6 Å². The van der Waals surface area contributed by atoms with E-state index in [0.717, 1.165) is 55.6 Å². The van der Waals surface area contributed by atoms with E-state index in [2.05, 4.69) is 10.2 Å². The van der Waals surface area contributed by atoms with Gasteiger partial charge in [0, 0.05) is 18.1 Å². The number of rotatable bonds is 7. The van der Waals surface area contributed by atoms with Crippen molar-refractivity contribution in [2.45, 2.75) is 30.6 Å². The highest BCUT2D eigenvalue weighted by Crippen LogP contribution is 2.31. The molecule has 1 aromatic rings. The van der Waals surface area contributed by atoms with Crippen LogP contribution in [0.2, 0.25) is 0 Å².